The number of methoxy groups -OCH3 is 1. The van der Waals surface area contributed by atoms with E-state index in [0.29, 0.717) is 40.3 Å². The molecule has 0 spiro atoms. The first kappa shape index (κ1) is 25.1. The quantitative estimate of drug-likeness (QED) is 0.366. The molecule has 0 radical (unpaired) electrons. The van der Waals surface area contributed by atoms with Crippen molar-refractivity contribution in [1.29, 1.82) is 0 Å². The van der Waals surface area contributed by atoms with Crippen molar-refractivity contribution in [3.63, 3.8) is 0 Å². The Labute approximate surface area is 225 Å². The van der Waals surface area contributed by atoms with Crippen LogP contribution < -0.4 is 24.4 Å². The molecule has 202 valence electrons. The van der Waals surface area contributed by atoms with E-state index in [9.17, 15) is 9.90 Å². The number of aryl methyl sites for hydroxylation is 1. The predicted molar refractivity (Wildman–Crippen MR) is 145 cm³/mol. The van der Waals surface area contributed by atoms with Crippen LogP contribution in [0.15, 0.2) is 63.8 Å². The summed E-state index contributed by atoms with van der Waals surface area (Å²) in [5, 5.41) is 11.1. The zero-order valence-electron chi connectivity index (χ0n) is 21.9. The molecule has 39 heavy (non-hydrogen) atoms. The molecule has 0 saturated carbocycles. The van der Waals surface area contributed by atoms with Crippen LogP contribution in [0.1, 0.15) is 16.9 Å². The fourth-order valence-electron chi connectivity index (χ4n) is 5.11. The predicted octanol–water partition coefficient (Wildman–Crippen LogP) is 4.65. The molecule has 0 aliphatic carbocycles. The molecule has 0 amide bonds. The van der Waals surface area contributed by atoms with Gasteiger partial charge in [-0.1, -0.05) is 18.2 Å². The Balaban J connectivity index is 1.18. The molecule has 2 aliphatic heterocycles. The van der Waals surface area contributed by atoms with Crippen LogP contribution in [-0.4, -0.2) is 55.0 Å². The van der Waals surface area contributed by atoms with E-state index < -0.39 is 0 Å². The van der Waals surface area contributed by atoms with Crippen LogP contribution in [0.2, 0.25) is 0 Å². The number of rotatable bonds is 7. The maximum atomic E-state index is 13.5. The second-order valence-electron chi connectivity index (χ2n) is 9.75. The minimum Gasteiger partial charge on any atom is -0.507 e. The average molecular weight is 531 g/mol. The van der Waals surface area contributed by atoms with E-state index in [0.717, 1.165) is 44.2 Å². The Kier molecular flexibility index (Phi) is 6.76. The molecule has 1 saturated heterocycles. The van der Waals surface area contributed by atoms with E-state index in [1.807, 2.05) is 18.2 Å². The van der Waals surface area contributed by atoms with E-state index in [1.165, 1.54) is 5.56 Å². The number of hydrogen-bond donors (Lipinski definition) is 1. The molecule has 0 bridgehead atoms. The largest absolute Gasteiger partial charge is 0.507 e. The van der Waals surface area contributed by atoms with Gasteiger partial charge in [-0.05, 0) is 48.9 Å². The number of para-hydroxylation sites is 2. The van der Waals surface area contributed by atoms with E-state index in [1.54, 1.807) is 44.4 Å². The number of piperazine rings is 1. The van der Waals surface area contributed by atoms with Gasteiger partial charge in [-0.3, -0.25) is 14.6 Å². The van der Waals surface area contributed by atoms with Gasteiger partial charge in [-0.15, -0.1) is 0 Å². The fourth-order valence-corrected chi connectivity index (χ4v) is 5.11. The van der Waals surface area contributed by atoms with Gasteiger partial charge in [0.1, 0.15) is 17.1 Å². The number of aromatic hydroxyl groups is 1. The third-order valence-corrected chi connectivity index (χ3v) is 7.23. The highest BCUT2D eigenvalue weighted by Crippen LogP contribution is 2.35. The van der Waals surface area contributed by atoms with E-state index in [4.69, 9.17) is 23.4 Å². The van der Waals surface area contributed by atoms with Gasteiger partial charge in [-0.2, -0.15) is 0 Å². The maximum Gasteiger partial charge on any atom is 0.235 e. The molecular weight excluding hydrogens is 500 g/mol. The first-order chi connectivity index (χ1) is 19.0. The number of benzene rings is 3. The van der Waals surface area contributed by atoms with Crippen molar-refractivity contribution in [2.45, 2.75) is 20.0 Å². The lowest BCUT2D eigenvalue weighted by Crippen LogP contribution is -2.45. The molecule has 3 heterocycles. The van der Waals surface area contributed by atoms with Gasteiger partial charge >= 0.3 is 0 Å². The SMILES string of the molecule is COc1ccccc1Oc1c(C)oc2c(CN3CCN(Cc4ccc5c(c4)OCO5)CC3)c(O)ccc2c1=O. The van der Waals surface area contributed by atoms with Crippen LogP contribution in [0.4, 0.5) is 0 Å². The molecule has 6 rings (SSSR count). The number of nitrogens with zero attached hydrogens (tertiary/aromatic N) is 2. The van der Waals surface area contributed by atoms with Crippen LogP contribution in [0, 0.1) is 6.92 Å². The lowest BCUT2D eigenvalue weighted by Gasteiger charge is -2.34. The molecule has 4 aromatic rings. The second kappa shape index (κ2) is 10.5. The lowest BCUT2D eigenvalue weighted by molar-refractivity contribution is 0.121. The number of hydrogen-bond acceptors (Lipinski definition) is 9. The summed E-state index contributed by atoms with van der Waals surface area (Å²) in [7, 11) is 1.55. The zero-order chi connectivity index (χ0) is 26.9. The van der Waals surface area contributed by atoms with Gasteiger partial charge in [0.2, 0.25) is 18.0 Å². The summed E-state index contributed by atoms with van der Waals surface area (Å²) in [6, 6.07) is 16.3. The second-order valence-corrected chi connectivity index (χ2v) is 9.75. The van der Waals surface area contributed by atoms with Gasteiger partial charge in [-0.25, -0.2) is 0 Å². The van der Waals surface area contributed by atoms with Crippen molar-refractivity contribution in [2.24, 2.45) is 0 Å². The van der Waals surface area contributed by atoms with Crippen LogP contribution in [0.3, 0.4) is 0 Å². The van der Waals surface area contributed by atoms with Gasteiger partial charge in [0.15, 0.2) is 23.0 Å². The fraction of sp³-hybridized carbons (Fsp3) is 0.300. The van der Waals surface area contributed by atoms with Crippen molar-refractivity contribution >= 4 is 11.0 Å². The normalized spacial score (nSPS) is 15.5. The first-order valence-corrected chi connectivity index (χ1v) is 12.9. The van der Waals surface area contributed by atoms with E-state index in [-0.39, 0.29) is 23.7 Å². The monoisotopic (exact) mass is 530 g/mol. The van der Waals surface area contributed by atoms with Crippen molar-refractivity contribution < 1.29 is 28.5 Å². The molecule has 3 aromatic carbocycles. The Morgan fingerprint density at radius 2 is 1.62 bits per heavy atom. The van der Waals surface area contributed by atoms with Crippen LogP contribution in [0.25, 0.3) is 11.0 Å². The minimum atomic E-state index is -0.297. The maximum absolute atomic E-state index is 13.5. The molecule has 0 atom stereocenters. The van der Waals surface area contributed by atoms with E-state index in [2.05, 4.69) is 15.9 Å². The van der Waals surface area contributed by atoms with Crippen molar-refractivity contribution in [2.75, 3.05) is 40.1 Å². The standard InChI is InChI=1S/C30H30N2O7/c1-19-29(39-26-6-4-3-5-24(26)35-2)28(34)21-8-9-23(33)22(30(21)38-19)17-32-13-11-31(12-14-32)16-20-7-10-25-27(15-20)37-18-36-25/h3-10,15,33H,11-14,16-18H2,1-2H3. The number of phenolic OH excluding ortho intramolecular Hbond substituents is 1. The summed E-state index contributed by atoms with van der Waals surface area (Å²) in [4.78, 5) is 18.1. The number of phenols is 1. The minimum absolute atomic E-state index is 0.0979. The van der Waals surface area contributed by atoms with Gasteiger partial charge in [0.05, 0.1) is 18.1 Å². The Bertz CT molecular complexity index is 1570. The summed E-state index contributed by atoms with van der Waals surface area (Å²) < 4.78 is 28.3. The topological polar surface area (TPSA) is 93.8 Å². The third kappa shape index (κ3) is 4.98. The van der Waals surface area contributed by atoms with E-state index >= 15 is 0 Å². The summed E-state index contributed by atoms with van der Waals surface area (Å²) in [6.45, 7) is 6.64. The highest BCUT2D eigenvalue weighted by atomic mass is 16.7. The number of fused-ring (bicyclic) bond motifs is 2. The number of ether oxygens (including phenoxy) is 4. The Morgan fingerprint density at radius 3 is 2.38 bits per heavy atom. The molecule has 2 aliphatic rings. The van der Waals surface area contributed by atoms with Gasteiger partial charge in [0, 0.05) is 39.3 Å². The Hall–Kier alpha value is -4.21. The molecular formula is C30H30N2O7. The smallest absolute Gasteiger partial charge is 0.235 e. The lowest BCUT2D eigenvalue weighted by atomic mass is 10.1. The molecule has 1 N–H and O–H groups in total. The van der Waals surface area contributed by atoms with Crippen molar-refractivity contribution in [1.82, 2.24) is 9.80 Å². The van der Waals surface area contributed by atoms with Gasteiger partial charge in [0.25, 0.3) is 0 Å². The van der Waals surface area contributed by atoms with Crippen LogP contribution in [-0.2, 0) is 13.1 Å². The summed E-state index contributed by atoms with van der Waals surface area (Å²) in [5.41, 5.74) is 1.87. The van der Waals surface area contributed by atoms with Crippen molar-refractivity contribution in [3.8, 4) is 34.5 Å². The molecule has 0 unspecified atom stereocenters. The van der Waals surface area contributed by atoms with Crippen molar-refractivity contribution in [3.05, 3.63) is 81.7 Å². The molecule has 9 nitrogen and oxygen atoms in total. The summed E-state index contributed by atoms with van der Waals surface area (Å²) >= 11 is 0. The first-order valence-electron chi connectivity index (χ1n) is 12.9. The van der Waals surface area contributed by atoms with Crippen LogP contribution >= 0.6 is 0 Å². The van der Waals surface area contributed by atoms with Gasteiger partial charge < -0.3 is 28.5 Å². The Morgan fingerprint density at radius 1 is 0.897 bits per heavy atom. The highest BCUT2D eigenvalue weighted by Gasteiger charge is 2.23. The highest BCUT2D eigenvalue weighted by molar-refractivity contribution is 5.83. The zero-order valence-corrected chi connectivity index (χ0v) is 21.9. The summed E-state index contributed by atoms with van der Waals surface area (Å²) in [6.07, 6.45) is 0. The third-order valence-electron chi connectivity index (χ3n) is 7.23. The average Bonchev–Trinajstić information content (AvgIpc) is 3.42. The summed E-state index contributed by atoms with van der Waals surface area (Å²) in [5.74, 6) is 3.06. The van der Waals surface area contributed by atoms with Crippen LogP contribution in [0.5, 0.6) is 34.5 Å². The molecule has 9 heteroatoms. The molecule has 1 aromatic heterocycles. The molecule has 1 fully saturated rings.